The van der Waals surface area contributed by atoms with Gasteiger partial charge >= 0.3 is 13.1 Å². The lowest BCUT2D eigenvalue weighted by atomic mass is 9.88. The van der Waals surface area contributed by atoms with Gasteiger partial charge < -0.3 is 25.5 Å². The first kappa shape index (κ1) is 23.5. The fraction of sp³-hybridized carbons (Fsp3) is 0.526. The number of methoxy groups -OCH3 is 2. The summed E-state index contributed by atoms with van der Waals surface area (Å²) in [6, 6.07) is 4.63. The molecule has 0 saturated heterocycles. The second kappa shape index (κ2) is 10.8. The van der Waals surface area contributed by atoms with Crippen molar-refractivity contribution in [3.8, 4) is 11.5 Å². The summed E-state index contributed by atoms with van der Waals surface area (Å²) < 4.78 is 10.5. The van der Waals surface area contributed by atoms with E-state index in [2.05, 4.69) is 29.1 Å². The first-order chi connectivity index (χ1) is 14.3. The van der Waals surface area contributed by atoms with E-state index in [1.165, 1.54) is 5.01 Å². The number of benzene rings is 1. The largest absolute Gasteiger partial charge is 0.493 e. The Hall–Kier alpha value is -2.79. The number of carbonyl (C=O) groups is 1. The molecule has 0 fully saturated rings. The highest BCUT2D eigenvalue weighted by Gasteiger charge is 2.37. The lowest BCUT2D eigenvalue weighted by Gasteiger charge is -2.37. The molecule has 4 N–H and O–H groups in total. The number of nitrogens with two attached hydrogens (primary N) is 1. The zero-order valence-corrected chi connectivity index (χ0v) is 18.2. The van der Waals surface area contributed by atoms with E-state index >= 15 is 0 Å². The van der Waals surface area contributed by atoms with Crippen LogP contribution in [0.5, 0.6) is 11.5 Å². The average Bonchev–Trinajstić information content (AvgIpc) is 2.71. The number of hydrazone groups is 1. The SMILES string of the molecule is COc1ccc(C=NN2CN([C@@H](C)C(=O)O)B(NCCC(C)C)N=C2N)cc1OC. The van der Waals surface area contributed by atoms with Crippen molar-refractivity contribution in [2.45, 2.75) is 33.2 Å². The summed E-state index contributed by atoms with van der Waals surface area (Å²) in [6.45, 7) is 6.76. The minimum Gasteiger partial charge on any atom is -0.493 e. The maximum Gasteiger partial charge on any atom is 0.458 e. The predicted molar refractivity (Wildman–Crippen MR) is 118 cm³/mol. The number of carboxylic acids is 1. The van der Waals surface area contributed by atoms with E-state index in [1.54, 1.807) is 44.3 Å². The summed E-state index contributed by atoms with van der Waals surface area (Å²) >= 11 is 0. The molecule has 0 radical (unpaired) electrons. The summed E-state index contributed by atoms with van der Waals surface area (Å²) in [7, 11) is 2.61. The first-order valence-electron chi connectivity index (χ1n) is 9.85. The van der Waals surface area contributed by atoms with Crippen molar-refractivity contribution in [3.05, 3.63) is 23.8 Å². The van der Waals surface area contributed by atoms with Gasteiger partial charge in [0.25, 0.3) is 0 Å². The van der Waals surface area contributed by atoms with Gasteiger partial charge in [0.15, 0.2) is 11.5 Å². The minimum absolute atomic E-state index is 0.186. The van der Waals surface area contributed by atoms with Gasteiger partial charge in [-0.05, 0) is 49.6 Å². The molecule has 1 heterocycles. The minimum atomic E-state index is -0.940. The Morgan fingerprint density at radius 1 is 1.37 bits per heavy atom. The second-order valence-corrected chi connectivity index (χ2v) is 7.43. The van der Waals surface area contributed by atoms with E-state index in [-0.39, 0.29) is 12.6 Å². The topological polar surface area (TPSA) is 125 Å². The third-order valence-corrected chi connectivity index (χ3v) is 4.79. The van der Waals surface area contributed by atoms with Crippen molar-refractivity contribution in [2.75, 3.05) is 27.4 Å². The number of hydrogen-bond donors (Lipinski definition) is 3. The van der Waals surface area contributed by atoms with Crippen molar-refractivity contribution in [1.82, 2.24) is 15.0 Å². The van der Waals surface area contributed by atoms with E-state index in [0.29, 0.717) is 24.0 Å². The molecule has 2 rings (SSSR count). The number of ether oxygens (including phenoxy) is 2. The number of nitrogens with zero attached hydrogens (tertiary/aromatic N) is 4. The van der Waals surface area contributed by atoms with Crippen LogP contribution >= 0.6 is 0 Å². The van der Waals surface area contributed by atoms with Crippen molar-refractivity contribution >= 4 is 25.3 Å². The molecule has 1 aliphatic heterocycles. The number of hydrogen-bond acceptors (Lipinski definition) is 9. The zero-order chi connectivity index (χ0) is 22.3. The lowest BCUT2D eigenvalue weighted by Crippen LogP contribution is -2.63. The Bertz CT molecular complexity index is 788. The van der Waals surface area contributed by atoms with Crippen molar-refractivity contribution < 1.29 is 19.4 Å². The van der Waals surface area contributed by atoms with Gasteiger partial charge in [0.1, 0.15) is 0 Å². The predicted octanol–water partition coefficient (Wildman–Crippen LogP) is 1.02. The van der Waals surface area contributed by atoms with Crippen molar-refractivity contribution in [2.24, 2.45) is 21.7 Å². The maximum atomic E-state index is 11.6. The van der Waals surface area contributed by atoms with Crippen LogP contribution in [0.3, 0.4) is 0 Å². The van der Waals surface area contributed by atoms with E-state index in [4.69, 9.17) is 15.2 Å². The summed E-state index contributed by atoms with van der Waals surface area (Å²) in [5, 5.41) is 18.6. The molecule has 0 unspecified atom stereocenters. The Balaban J connectivity index is 2.20. The monoisotopic (exact) mass is 418 g/mol. The summed E-state index contributed by atoms with van der Waals surface area (Å²) in [6.07, 6.45) is 2.56. The quantitative estimate of drug-likeness (QED) is 0.380. The number of carboxylic acid groups (broad SMARTS) is 1. The van der Waals surface area contributed by atoms with Crippen LogP contribution in [0, 0.1) is 5.92 Å². The van der Waals surface area contributed by atoms with Gasteiger partial charge in [0.05, 0.1) is 33.1 Å². The highest BCUT2D eigenvalue weighted by Crippen LogP contribution is 2.27. The second-order valence-electron chi connectivity index (χ2n) is 7.43. The first-order valence-corrected chi connectivity index (χ1v) is 9.85. The Labute approximate surface area is 177 Å². The molecule has 0 aliphatic carbocycles. The molecule has 1 atom stereocenters. The Morgan fingerprint density at radius 2 is 2.07 bits per heavy atom. The van der Waals surface area contributed by atoms with Gasteiger partial charge in [0.2, 0.25) is 5.96 Å². The molecule has 0 spiro atoms. The Morgan fingerprint density at radius 3 is 2.67 bits per heavy atom. The van der Waals surface area contributed by atoms with Crippen LogP contribution in [0.25, 0.3) is 0 Å². The number of aliphatic carboxylic acids is 1. The highest BCUT2D eigenvalue weighted by molar-refractivity contribution is 6.53. The van der Waals surface area contributed by atoms with Crippen LogP contribution in [0.2, 0.25) is 0 Å². The van der Waals surface area contributed by atoms with Crippen LogP contribution < -0.4 is 20.4 Å². The maximum absolute atomic E-state index is 11.6. The number of rotatable bonds is 10. The molecule has 0 amide bonds. The molecule has 0 saturated carbocycles. The van der Waals surface area contributed by atoms with E-state index in [9.17, 15) is 9.90 Å². The van der Waals surface area contributed by atoms with Crippen LogP contribution in [0.4, 0.5) is 0 Å². The van der Waals surface area contributed by atoms with Crippen LogP contribution in [0.1, 0.15) is 32.8 Å². The van der Waals surface area contributed by atoms with Gasteiger partial charge in [-0.3, -0.25) is 14.5 Å². The van der Waals surface area contributed by atoms with Crippen LogP contribution in [-0.2, 0) is 4.79 Å². The van der Waals surface area contributed by atoms with Gasteiger partial charge in [0, 0.05) is 0 Å². The van der Waals surface area contributed by atoms with Gasteiger partial charge in [-0.1, -0.05) is 13.8 Å². The molecule has 30 heavy (non-hydrogen) atoms. The molecular formula is C19H31BN6O4. The molecule has 1 aromatic rings. The normalized spacial score (nSPS) is 16.1. The molecule has 1 aromatic carbocycles. The summed E-state index contributed by atoms with van der Waals surface area (Å²) in [5.74, 6) is 0.992. The van der Waals surface area contributed by atoms with Gasteiger partial charge in [-0.15, -0.1) is 0 Å². The summed E-state index contributed by atoms with van der Waals surface area (Å²) in [5.41, 5.74) is 6.88. The molecule has 164 valence electrons. The smallest absolute Gasteiger partial charge is 0.458 e. The third kappa shape index (κ3) is 6.10. The molecule has 11 heteroatoms. The van der Waals surface area contributed by atoms with Gasteiger partial charge in [-0.25, -0.2) is 5.01 Å². The molecular weight excluding hydrogens is 387 g/mol. The third-order valence-electron chi connectivity index (χ3n) is 4.79. The van der Waals surface area contributed by atoms with E-state index in [0.717, 1.165) is 12.0 Å². The average molecular weight is 418 g/mol. The lowest BCUT2D eigenvalue weighted by molar-refractivity contribution is -0.141. The molecule has 10 nitrogen and oxygen atoms in total. The molecule has 0 aromatic heterocycles. The molecule has 0 bridgehead atoms. The zero-order valence-electron chi connectivity index (χ0n) is 18.2. The Kier molecular flexibility index (Phi) is 8.49. The van der Waals surface area contributed by atoms with E-state index < -0.39 is 19.1 Å². The van der Waals surface area contributed by atoms with Crippen LogP contribution in [-0.4, -0.2) is 73.7 Å². The number of guanidine groups is 1. The molecule has 1 aliphatic rings. The summed E-state index contributed by atoms with van der Waals surface area (Å²) in [4.78, 5) is 17.7. The number of nitrogens with one attached hydrogen (secondary N) is 1. The van der Waals surface area contributed by atoms with Crippen molar-refractivity contribution in [1.29, 1.82) is 0 Å². The fourth-order valence-corrected chi connectivity index (χ4v) is 2.88. The van der Waals surface area contributed by atoms with E-state index in [1.807, 2.05) is 6.07 Å². The standard InChI is InChI=1S/C19H31BN6O4/c1-13(2)8-9-22-20-24-19(21)26(12-25(20)14(3)18(27)28)23-11-15-6-7-16(29-4)17(10-15)30-5/h6-7,10-11,13-14,22H,8-9,12H2,1-5H3,(H2,21,24)(H,27,28)/t14-/m0/s1. The van der Waals surface area contributed by atoms with Crippen molar-refractivity contribution in [3.63, 3.8) is 0 Å². The fourth-order valence-electron chi connectivity index (χ4n) is 2.88. The highest BCUT2D eigenvalue weighted by atomic mass is 16.5. The van der Waals surface area contributed by atoms with Gasteiger partial charge in [-0.2, -0.15) is 5.10 Å². The van der Waals surface area contributed by atoms with Crippen LogP contribution in [0.15, 0.2) is 28.2 Å².